The van der Waals surface area contributed by atoms with E-state index in [1.807, 2.05) is 0 Å². The van der Waals surface area contributed by atoms with Crippen LogP contribution in [-0.2, 0) is 4.74 Å². The van der Waals surface area contributed by atoms with E-state index in [9.17, 15) is 19.3 Å². The fraction of sp³-hybridized carbons (Fsp3) is 0.353. The van der Waals surface area contributed by atoms with Gasteiger partial charge in [0.25, 0.3) is 5.91 Å². The normalized spacial score (nSPS) is 15.6. The summed E-state index contributed by atoms with van der Waals surface area (Å²) in [5.41, 5.74) is 0.860. The average Bonchev–Trinajstić information content (AvgIpc) is 3.15. The Kier molecular flexibility index (Phi) is 7.28. The number of rotatable bonds is 6. The van der Waals surface area contributed by atoms with Crippen molar-refractivity contribution in [2.45, 2.75) is 6.04 Å². The summed E-state index contributed by atoms with van der Waals surface area (Å²) < 4.78 is 23.5. The monoisotopic (exact) mass is 399 g/mol. The molecule has 2 heterocycles. The fourth-order valence-corrected chi connectivity index (χ4v) is 2.86. The largest absolute Gasteiger partial charge is 0.433 e. The summed E-state index contributed by atoms with van der Waals surface area (Å²) in [7, 11) is 0. The van der Waals surface area contributed by atoms with E-state index in [1.54, 1.807) is 12.1 Å². The molecule has 0 radical (unpaired) electrons. The first-order chi connectivity index (χ1) is 12.5. The quantitative estimate of drug-likeness (QED) is 0.592. The van der Waals surface area contributed by atoms with Crippen LogP contribution in [0.1, 0.15) is 22.2 Å². The van der Waals surface area contributed by atoms with Crippen molar-refractivity contribution < 1.29 is 23.3 Å². The lowest BCUT2D eigenvalue weighted by atomic mass is 10.0. The van der Waals surface area contributed by atoms with E-state index in [4.69, 9.17) is 9.15 Å². The Morgan fingerprint density at radius 3 is 2.48 bits per heavy atom. The minimum Gasteiger partial charge on any atom is -0.395 e. The van der Waals surface area contributed by atoms with Crippen molar-refractivity contribution in [3.63, 3.8) is 0 Å². The summed E-state index contributed by atoms with van der Waals surface area (Å²) in [4.78, 5) is 24.3. The number of nitro groups is 1. The topological polar surface area (TPSA) is 97.9 Å². The number of carbonyl (C=O) groups is 1. The van der Waals surface area contributed by atoms with Crippen LogP contribution in [0.15, 0.2) is 40.8 Å². The Labute approximate surface area is 160 Å². The van der Waals surface area contributed by atoms with Gasteiger partial charge < -0.3 is 14.5 Å². The molecule has 1 aliphatic rings. The van der Waals surface area contributed by atoms with E-state index in [-0.39, 0.29) is 36.6 Å². The number of hydrogen-bond donors (Lipinski definition) is 1. The highest BCUT2D eigenvalue weighted by Gasteiger charge is 2.24. The van der Waals surface area contributed by atoms with Crippen molar-refractivity contribution in [1.29, 1.82) is 0 Å². The number of morpholine rings is 1. The second-order valence-electron chi connectivity index (χ2n) is 5.82. The number of halogens is 2. The van der Waals surface area contributed by atoms with Gasteiger partial charge in [0.15, 0.2) is 5.76 Å². The molecule has 0 spiro atoms. The maximum absolute atomic E-state index is 13.2. The van der Waals surface area contributed by atoms with E-state index >= 15 is 0 Å². The van der Waals surface area contributed by atoms with Crippen LogP contribution in [0.5, 0.6) is 0 Å². The van der Waals surface area contributed by atoms with Gasteiger partial charge in [-0.15, -0.1) is 12.4 Å². The van der Waals surface area contributed by atoms with Gasteiger partial charge in [-0.05, 0) is 23.8 Å². The molecule has 10 heteroatoms. The van der Waals surface area contributed by atoms with Crippen molar-refractivity contribution in [3.05, 3.63) is 63.7 Å². The van der Waals surface area contributed by atoms with E-state index < -0.39 is 16.7 Å². The minimum absolute atomic E-state index is 0. The smallest absolute Gasteiger partial charge is 0.395 e. The summed E-state index contributed by atoms with van der Waals surface area (Å²) in [5.74, 6) is -1.49. The molecule has 0 aliphatic carbocycles. The number of furan rings is 1. The molecule has 1 aliphatic heterocycles. The Morgan fingerprint density at radius 1 is 1.22 bits per heavy atom. The van der Waals surface area contributed by atoms with Crippen molar-refractivity contribution in [2.24, 2.45) is 0 Å². The summed E-state index contributed by atoms with van der Waals surface area (Å²) in [5, 5.41) is 13.4. The van der Waals surface area contributed by atoms with E-state index in [2.05, 4.69) is 10.2 Å². The Morgan fingerprint density at radius 2 is 1.89 bits per heavy atom. The lowest BCUT2D eigenvalue weighted by molar-refractivity contribution is -0.402. The van der Waals surface area contributed by atoms with Gasteiger partial charge in [0.1, 0.15) is 10.7 Å². The zero-order valence-corrected chi connectivity index (χ0v) is 15.1. The van der Waals surface area contributed by atoms with Crippen molar-refractivity contribution in [3.8, 4) is 0 Å². The third kappa shape index (κ3) is 5.25. The molecule has 1 aromatic heterocycles. The summed E-state index contributed by atoms with van der Waals surface area (Å²) in [6.45, 7) is 2.78. The maximum atomic E-state index is 13.2. The Hall–Kier alpha value is -2.49. The zero-order valence-electron chi connectivity index (χ0n) is 14.3. The Bertz CT molecular complexity index is 777. The summed E-state index contributed by atoms with van der Waals surface area (Å²) >= 11 is 0. The number of ether oxygens (including phenoxy) is 1. The third-order valence-electron chi connectivity index (χ3n) is 4.19. The van der Waals surface area contributed by atoms with Crippen LogP contribution in [0, 0.1) is 15.9 Å². The van der Waals surface area contributed by atoms with Crippen LogP contribution in [0.3, 0.4) is 0 Å². The molecule has 0 saturated carbocycles. The second kappa shape index (κ2) is 9.45. The molecule has 2 aromatic rings. The van der Waals surface area contributed by atoms with Gasteiger partial charge in [-0.3, -0.25) is 19.8 Å². The zero-order chi connectivity index (χ0) is 18.5. The molecule has 1 N–H and O–H groups in total. The SMILES string of the molecule is Cl.O=C(NCC(c1ccc(F)cc1)N1CCOCC1)c1ccc([N+](=O)[O-])o1. The molecule has 1 aromatic carbocycles. The van der Waals surface area contributed by atoms with Crippen LogP contribution in [-0.4, -0.2) is 48.6 Å². The van der Waals surface area contributed by atoms with Crippen LogP contribution in [0.4, 0.5) is 10.3 Å². The van der Waals surface area contributed by atoms with Gasteiger partial charge in [-0.1, -0.05) is 12.1 Å². The van der Waals surface area contributed by atoms with Gasteiger partial charge in [0, 0.05) is 19.6 Å². The van der Waals surface area contributed by atoms with Crippen LogP contribution in [0.2, 0.25) is 0 Å². The van der Waals surface area contributed by atoms with Gasteiger partial charge in [0.05, 0.1) is 25.3 Å². The first-order valence-corrected chi connectivity index (χ1v) is 8.14. The lowest BCUT2D eigenvalue weighted by Gasteiger charge is -2.34. The minimum atomic E-state index is -0.703. The molecule has 3 rings (SSSR count). The molecule has 1 fully saturated rings. The predicted octanol–water partition coefficient (Wildman–Crippen LogP) is 2.55. The standard InChI is InChI=1S/C17H18FN3O5.ClH/c18-13-3-1-12(2-4-13)14(20-7-9-25-10-8-20)11-19-17(22)15-5-6-16(26-15)21(23)24;/h1-6,14H,7-11H2,(H,19,22);1H. The fourth-order valence-electron chi connectivity index (χ4n) is 2.86. The average molecular weight is 400 g/mol. The first-order valence-electron chi connectivity index (χ1n) is 8.14. The molecule has 1 saturated heterocycles. The highest BCUT2D eigenvalue weighted by atomic mass is 35.5. The third-order valence-corrected chi connectivity index (χ3v) is 4.19. The molecule has 146 valence electrons. The van der Waals surface area contributed by atoms with Crippen molar-refractivity contribution in [1.82, 2.24) is 10.2 Å². The number of carbonyl (C=O) groups excluding carboxylic acids is 1. The number of benzene rings is 1. The number of nitrogens with one attached hydrogen (secondary N) is 1. The number of nitrogens with zero attached hydrogens (tertiary/aromatic N) is 2. The molecular formula is C17H19ClFN3O5. The Balaban J connectivity index is 0.00000261. The number of amides is 1. The predicted molar refractivity (Wildman–Crippen MR) is 96.5 cm³/mol. The lowest BCUT2D eigenvalue weighted by Crippen LogP contribution is -2.43. The highest BCUT2D eigenvalue weighted by molar-refractivity contribution is 5.91. The van der Waals surface area contributed by atoms with Crippen LogP contribution < -0.4 is 5.32 Å². The summed E-state index contributed by atoms with van der Waals surface area (Å²) in [6.07, 6.45) is 0. The van der Waals surface area contributed by atoms with E-state index in [1.165, 1.54) is 18.2 Å². The van der Waals surface area contributed by atoms with E-state index in [0.29, 0.717) is 26.3 Å². The van der Waals surface area contributed by atoms with Gasteiger partial charge >= 0.3 is 5.88 Å². The first kappa shape index (κ1) is 20.8. The molecule has 1 atom stereocenters. The van der Waals surface area contributed by atoms with Gasteiger partial charge in [-0.2, -0.15) is 0 Å². The van der Waals surface area contributed by atoms with Crippen LogP contribution >= 0.6 is 12.4 Å². The molecule has 8 nitrogen and oxygen atoms in total. The van der Waals surface area contributed by atoms with Gasteiger partial charge in [-0.25, -0.2) is 4.39 Å². The highest BCUT2D eigenvalue weighted by Crippen LogP contribution is 2.22. The maximum Gasteiger partial charge on any atom is 0.433 e. The second-order valence-corrected chi connectivity index (χ2v) is 5.82. The van der Waals surface area contributed by atoms with Crippen molar-refractivity contribution >= 4 is 24.2 Å². The molecule has 1 unspecified atom stereocenters. The molecule has 1 amide bonds. The van der Waals surface area contributed by atoms with Crippen LogP contribution in [0.25, 0.3) is 0 Å². The number of hydrogen-bond acceptors (Lipinski definition) is 6. The molecular weight excluding hydrogens is 381 g/mol. The van der Waals surface area contributed by atoms with Crippen molar-refractivity contribution in [2.75, 3.05) is 32.8 Å². The summed E-state index contributed by atoms with van der Waals surface area (Å²) in [6, 6.07) is 8.33. The van der Waals surface area contributed by atoms with Gasteiger partial charge in [0.2, 0.25) is 0 Å². The molecule has 27 heavy (non-hydrogen) atoms. The molecule has 0 bridgehead atoms. The van der Waals surface area contributed by atoms with E-state index in [0.717, 1.165) is 11.6 Å².